The fraction of sp³-hybridized carbons (Fsp3) is 0.100. The van der Waals surface area contributed by atoms with Crippen molar-refractivity contribution >= 4 is 43.7 Å². The number of halogens is 2. The molecular weight excluding hydrogens is 265 g/mol. The molecule has 0 saturated heterocycles. The number of fused-ring (bicyclic) bond motifs is 1. The molecule has 0 bridgehead atoms. The Morgan fingerprint density at radius 1 is 1.43 bits per heavy atom. The summed E-state index contributed by atoms with van der Waals surface area (Å²) in [5, 5.41) is 0.526. The molecule has 0 saturated carbocycles. The second kappa shape index (κ2) is 3.41. The number of hydrogen-bond donors (Lipinski definition) is 1. The first-order valence-electron chi connectivity index (χ1n) is 4.06. The van der Waals surface area contributed by atoms with Crippen LogP contribution in [0, 0.1) is 6.92 Å². The summed E-state index contributed by atoms with van der Waals surface area (Å²) in [6.45, 7) is 1.98. The molecule has 0 radical (unpaired) electrons. The van der Waals surface area contributed by atoms with Crippen LogP contribution in [-0.4, -0.2) is 10.2 Å². The highest BCUT2D eigenvalue weighted by atomic mass is 79.9. The molecule has 0 spiro atoms. The molecule has 0 aliphatic rings. The minimum absolute atomic E-state index is 0.433. The Kier molecular flexibility index (Phi) is 2.37. The molecule has 0 aliphatic carbocycles. The van der Waals surface area contributed by atoms with E-state index in [1.54, 1.807) is 6.07 Å². The molecule has 4 heteroatoms. The number of carbonyl (C=O) groups is 1. The van der Waals surface area contributed by atoms with E-state index in [9.17, 15) is 4.79 Å². The smallest absolute Gasteiger partial charge is 0.268 e. The lowest BCUT2D eigenvalue weighted by atomic mass is 10.2. The van der Waals surface area contributed by atoms with Crippen LogP contribution in [0.2, 0.25) is 0 Å². The van der Waals surface area contributed by atoms with E-state index in [1.165, 1.54) is 0 Å². The number of benzene rings is 1. The van der Waals surface area contributed by atoms with E-state index in [4.69, 9.17) is 11.6 Å². The van der Waals surface area contributed by atoms with Gasteiger partial charge in [0.05, 0.1) is 5.69 Å². The molecule has 0 atom stereocenters. The van der Waals surface area contributed by atoms with Crippen LogP contribution in [0.3, 0.4) is 0 Å². The first kappa shape index (κ1) is 9.74. The van der Waals surface area contributed by atoms with Gasteiger partial charge in [-0.15, -0.1) is 0 Å². The van der Waals surface area contributed by atoms with Crippen molar-refractivity contribution < 1.29 is 4.79 Å². The van der Waals surface area contributed by atoms with Crippen LogP contribution in [-0.2, 0) is 0 Å². The average Bonchev–Trinajstić information content (AvgIpc) is 2.47. The molecular formula is C10H7BrClNO. The van der Waals surface area contributed by atoms with Gasteiger partial charge in [0, 0.05) is 15.4 Å². The first-order chi connectivity index (χ1) is 6.58. The molecule has 0 unspecified atom stereocenters. The number of H-pyrrole nitrogens is 1. The number of aryl methyl sites for hydroxylation is 1. The minimum Gasteiger partial charge on any atom is -0.351 e. The van der Waals surface area contributed by atoms with Crippen molar-refractivity contribution in [3.05, 3.63) is 33.9 Å². The predicted molar refractivity (Wildman–Crippen MR) is 60.9 cm³/mol. The lowest BCUT2D eigenvalue weighted by Crippen LogP contribution is -1.86. The summed E-state index contributed by atoms with van der Waals surface area (Å²) >= 11 is 8.78. The molecule has 2 rings (SSSR count). The first-order valence-corrected chi connectivity index (χ1v) is 5.24. The van der Waals surface area contributed by atoms with Crippen molar-refractivity contribution in [2.75, 3.05) is 0 Å². The van der Waals surface area contributed by atoms with Gasteiger partial charge < -0.3 is 4.98 Å². The molecule has 72 valence electrons. The minimum atomic E-state index is -0.461. The van der Waals surface area contributed by atoms with Gasteiger partial charge in [-0.2, -0.15) is 0 Å². The molecule has 1 aromatic carbocycles. The van der Waals surface area contributed by atoms with E-state index in [0.29, 0.717) is 5.69 Å². The number of hydrogen-bond acceptors (Lipinski definition) is 1. The molecule has 0 aliphatic heterocycles. The summed E-state index contributed by atoms with van der Waals surface area (Å²) < 4.78 is 0.995. The van der Waals surface area contributed by atoms with Gasteiger partial charge in [-0.3, -0.25) is 4.79 Å². The zero-order chi connectivity index (χ0) is 10.3. The van der Waals surface area contributed by atoms with Crippen molar-refractivity contribution in [1.29, 1.82) is 0 Å². The van der Waals surface area contributed by atoms with Gasteiger partial charge >= 0.3 is 0 Å². The Balaban J connectivity index is 2.76. The number of rotatable bonds is 1. The maximum atomic E-state index is 10.9. The largest absolute Gasteiger partial charge is 0.351 e. The average molecular weight is 273 g/mol. The molecule has 2 nitrogen and oxygen atoms in total. The molecule has 1 aromatic heterocycles. The Morgan fingerprint density at radius 3 is 2.79 bits per heavy atom. The van der Waals surface area contributed by atoms with Gasteiger partial charge in [-0.25, -0.2) is 0 Å². The maximum absolute atomic E-state index is 10.9. The van der Waals surface area contributed by atoms with Crippen LogP contribution in [0.4, 0.5) is 0 Å². The molecule has 1 N–H and O–H groups in total. The highest BCUT2D eigenvalue weighted by Gasteiger charge is 2.08. The standard InChI is InChI=1S/C10H7BrClNO/c1-5-2-7(11)3-6-4-8(10(12)14)13-9(5)6/h2-4,13H,1H3. The second-order valence-corrected chi connectivity index (χ2v) is 4.40. The molecule has 14 heavy (non-hydrogen) atoms. The normalized spacial score (nSPS) is 10.8. The van der Waals surface area contributed by atoms with Crippen molar-refractivity contribution in [3.8, 4) is 0 Å². The van der Waals surface area contributed by atoms with Crippen LogP contribution in [0.15, 0.2) is 22.7 Å². The number of aromatic nitrogens is 1. The quantitative estimate of drug-likeness (QED) is 0.790. The predicted octanol–water partition coefficient (Wildman–Crippen LogP) is 3.62. The summed E-state index contributed by atoms with van der Waals surface area (Å²) in [5.41, 5.74) is 2.47. The van der Waals surface area contributed by atoms with Gasteiger partial charge in [-0.1, -0.05) is 15.9 Å². The van der Waals surface area contributed by atoms with Gasteiger partial charge in [0.25, 0.3) is 5.24 Å². The zero-order valence-electron chi connectivity index (χ0n) is 7.40. The summed E-state index contributed by atoms with van der Waals surface area (Å²) in [5.74, 6) is 0. The molecule has 2 aromatic rings. The van der Waals surface area contributed by atoms with E-state index in [0.717, 1.165) is 20.9 Å². The van der Waals surface area contributed by atoms with Crippen molar-refractivity contribution in [1.82, 2.24) is 4.98 Å². The highest BCUT2D eigenvalue weighted by molar-refractivity contribution is 9.10. The summed E-state index contributed by atoms with van der Waals surface area (Å²) in [6, 6.07) is 5.69. The van der Waals surface area contributed by atoms with E-state index in [1.807, 2.05) is 19.1 Å². The third kappa shape index (κ3) is 1.57. The lowest BCUT2D eigenvalue weighted by Gasteiger charge is -1.96. The van der Waals surface area contributed by atoms with Crippen LogP contribution in [0.5, 0.6) is 0 Å². The Labute approximate surface area is 94.4 Å². The highest BCUT2D eigenvalue weighted by Crippen LogP contribution is 2.24. The van der Waals surface area contributed by atoms with Gasteiger partial charge in [0.1, 0.15) is 0 Å². The Morgan fingerprint density at radius 2 is 2.14 bits per heavy atom. The topological polar surface area (TPSA) is 32.9 Å². The molecule has 1 heterocycles. The van der Waals surface area contributed by atoms with Crippen LogP contribution in [0.25, 0.3) is 10.9 Å². The van der Waals surface area contributed by atoms with Gasteiger partial charge in [0.2, 0.25) is 0 Å². The second-order valence-electron chi connectivity index (χ2n) is 3.14. The Bertz CT molecular complexity index is 518. The molecule has 0 amide bonds. The van der Waals surface area contributed by atoms with E-state index in [-0.39, 0.29) is 0 Å². The number of carbonyl (C=O) groups excluding carboxylic acids is 1. The van der Waals surface area contributed by atoms with E-state index in [2.05, 4.69) is 20.9 Å². The number of nitrogens with one attached hydrogen (secondary N) is 1. The van der Waals surface area contributed by atoms with Crippen LogP contribution >= 0.6 is 27.5 Å². The fourth-order valence-electron chi connectivity index (χ4n) is 1.49. The van der Waals surface area contributed by atoms with E-state index < -0.39 is 5.24 Å². The van der Waals surface area contributed by atoms with Gasteiger partial charge in [0.15, 0.2) is 0 Å². The fourth-order valence-corrected chi connectivity index (χ4v) is 2.18. The number of aromatic amines is 1. The third-order valence-corrected chi connectivity index (χ3v) is 2.76. The summed E-state index contributed by atoms with van der Waals surface area (Å²) in [4.78, 5) is 13.9. The maximum Gasteiger partial charge on any atom is 0.268 e. The summed E-state index contributed by atoms with van der Waals surface area (Å²) in [6.07, 6.45) is 0. The van der Waals surface area contributed by atoms with Crippen molar-refractivity contribution in [2.24, 2.45) is 0 Å². The molecule has 0 fully saturated rings. The third-order valence-electron chi connectivity index (χ3n) is 2.10. The van der Waals surface area contributed by atoms with Crippen LogP contribution in [0.1, 0.15) is 16.1 Å². The SMILES string of the molecule is Cc1cc(Br)cc2cc(C(=O)Cl)[nH]c12. The van der Waals surface area contributed by atoms with E-state index >= 15 is 0 Å². The summed E-state index contributed by atoms with van der Waals surface area (Å²) in [7, 11) is 0. The van der Waals surface area contributed by atoms with Crippen molar-refractivity contribution in [2.45, 2.75) is 6.92 Å². The van der Waals surface area contributed by atoms with Gasteiger partial charge in [-0.05, 0) is 42.3 Å². The monoisotopic (exact) mass is 271 g/mol. The Hall–Kier alpha value is -0.800. The zero-order valence-corrected chi connectivity index (χ0v) is 9.74. The lowest BCUT2D eigenvalue weighted by molar-refractivity contribution is 0.107. The van der Waals surface area contributed by atoms with Crippen molar-refractivity contribution in [3.63, 3.8) is 0 Å². The van der Waals surface area contributed by atoms with Crippen LogP contribution < -0.4 is 0 Å².